The standard InChI is InChI=1S/C12H12ClN3O/c13-8-3-4-9(10(14)6-8)12-15-11(16-17-12)5-7-1-2-7/h3-4,6-7H,1-2,5,14H2. The predicted molar refractivity (Wildman–Crippen MR) is 65.6 cm³/mol. The van der Waals surface area contributed by atoms with E-state index in [9.17, 15) is 0 Å². The minimum Gasteiger partial charge on any atom is -0.398 e. The van der Waals surface area contributed by atoms with Gasteiger partial charge in [0.05, 0.1) is 5.56 Å². The molecular formula is C12H12ClN3O. The fraction of sp³-hybridized carbons (Fsp3) is 0.333. The van der Waals surface area contributed by atoms with Crippen LogP contribution in [-0.2, 0) is 6.42 Å². The first kappa shape index (κ1) is 10.6. The molecule has 1 aromatic carbocycles. The van der Waals surface area contributed by atoms with Crippen LogP contribution in [0.15, 0.2) is 22.7 Å². The van der Waals surface area contributed by atoms with Crippen molar-refractivity contribution in [3.63, 3.8) is 0 Å². The molecule has 4 nitrogen and oxygen atoms in total. The van der Waals surface area contributed by atoms with E-state index in [4.69, 9.17) is 21.9 Å². The maximum absolute atomic E-state index is 5.86. The number of hydrogen-bond acceptors (Lipinski definition) is 4. The molecule has 0 atom stereocenters. The first-order valence-electron chi connectivity index (χ1n) is 5.60. The van der Waals surface area contributed by atoms with Gasteiger partial charge in [-0.1, -0.05) is 16.8 Å². The number of nitrogens with zero attached hydrogens (tertiary/aromatic N) is 2. The minimum atomic E-state index is 0.467. The molecule has 1 heterocycles. The van der Waals surface area contributed by atoms with E-state index in [0.717, 1.165) is 23.7 Å². The van der Waals surface area contributed by atoms with Crippen molar-refractivity contribution in [3.05, 3.63) is 29.0 Å². The highest BCUT2D eigenvalue weighted by molar-refractivity contribution is 6.31. The molecule has 88 valence electrons. The molecule has 2 N–H and O–H groups in total. The Hall–Kier alpha value is -1.55. The highest BCUT2D eigenvalue weighted by Crippen LogP contribution is 2.33. The van der Waals surface area contributed by atoms with Gasteiger partial charge in [-0.15, -0.1) is 0 Å². The van der Waals surface area contributed by atoms with Gasteiger partial charge in [-0.25, -0.2) is 0 Å². The lowest BCUT2D eigenvalue weighted by Gasteiger charge is -1.99. The second-order valence-corrected chi connectivity index (χ2v) is 4.83. The minimum absolute atomic E-state index is 0.467. The number of benzene rings is 1. The molecule has 1 aliphatic rings. The lowest BCUT2D eigenvalue weighted by atomic mass is 10.2. The van der Waals surface area contributed by atoms with Gasteiger partial charge >= 0.3 is 0 Å². The molecule has 0 radical (unpaired) electrons. The highest BCUT2D eigenvalue weighted by Gasteiger charge is 2.24. The third-order valence-corrected chi connectivity index (χ3v) is 3.12. The molecule has 1 fully saturated rings. The van der Waals surface area contributed by atoms with Crippen LogP contribution < -0.4 is 5.73 Å². The number of aromatic nitrogens is 2. The van der Waals surface area contributed by atoms with Crippen LogP contribution in [-0.4, -0.2) is 10.1 Å². The van der Waals surface area contributed by atoms with Crippen LogP contribution in [0.25, 0.3) is 11.5 Å². The molecule has 1 saturated carbocycles. The number of hydrogen-bond donors (Lipinski definition) is 1. The Balaban J connectivity index is 1.89. The number of nitrogens with two attached hydrogens (primary N) is 1. The van der Waals surface area contributed by atoms with Crippen LogP contribution in [0.4, 0.5) is 5.69 Å². The van der Waals surface area contributed by atoms with Gasteiger partial charge in [-0.05, 0) is 37.0 Å². The van der Waals surface area contributed by atoms with E-state index in [0.29, 0.717) is 16.6 Å². The average Bonchev–Trinajstić information content (AvgIpc) is 2.96. The summed E-state index contributed by atoms with van der Waals surface area (Å²) in [5.74, 6) is 1.97. The Morgan fingerprint density at radius 3 is 2.94 bits per heavy atom. The van der Waals surface area contributed by atoms with Crippen LogP contribution in [0.1, 0.15) is 18.7 Å². The molecule has 1 aromatic heterocycles. The Bertz CT molecular complexity index is 548. The van der Waals surface area contributed by atoms with E-state index in [1.165, 1.54) is 12.8 Å². The van der Waals surface area contributed by atoms with Crippen molar-refractivity contribution in [1.82, 2.24) is 10.1 Å². The molecule has 17 heavy (non-hydrogen) atoms. The van der Waals surface area contributed by atoms with Gasteiger partial charge in [0.2, 0.25) is 0 Å². The normalized spacial score (nSPS) is 15.1. The summed E-state index contributed by atoms with van der Waals surface area (Å²) in [5.41, 5.74) is 7.16. The predicted octanol–water partition coefficient (Wildman–Crippen LogP) is 2.92. The zero-order valence-electron chi connectivity index (χ0n) is 9.19. The monoisotopic (exact) mass is 249 g/mol. The molecule has 3 rings (SSSR count). The smallest absolute Gasteiger partial charge is 0.260 e. The fourth-order valence-electron chi connectivity index (χ4n) is 1.75. The van der Waals surface area contributed by atoms with E-state index in [1.807, 2.05) is 0 Å². The van der Waals surface area contributed by atoms with Gasteiger partial charge in [-0.2, -0.15) is 4.98 Å². The van der Waals surface area contributed by atoms with Crippen molar-refractivity contribution in [1.29, 1.82) is 0 Å². The molecule has 0 unspecified atom stereocenters. The lowest BCUT2D eigenvalue weighted by Crippen LogP contribution is -1.91. The fourth-order valence-corrected chi connectivity index (χ4v) is 1.94. The zero-order chi connectivity index (χ0) is 11.8. The molecule has 1 aliphatic carbocycles. The van der Waals surface area contributed by atoms with Gasteiger partial charge in [0, 0.05) is 17.1 Å². The molecule has 2 aromatic rings. The second kappa shape index (κ2) is 4.04. The maximum atomic E-state index is 5.86. The lowest BCUT2D eigenvalue weighted by molar-refractivity contribution is 0.421. The first-order chi connectivity index (χ1) is 8.22. The summed E-state index contributed by atoms with van der Waals surface area (Å²) in [5, 5.41) is 4.56. The Labute approximate surface area is 104 Å². The van der Waals surface area contributed by atoms with E-state index >= 15 is 0 Å². The summed E-state index contributed by atoms with van der Waals surface area (Å²) in [6.07, 6.45) is 3.44. The summed E-state index contributed by atoms with van der Waals surface area (Å²) in [7, 11) is 0. The summed E-state index contributed by atoms with van der Waals surface area (Å²) < 4.78 is 5.22. The van der Waals surface area contributed by atoms with Crippen LogP contribution in [0.5, 0.6) is 0 Å². The zero-order valence-corrected chi connectivity index (χ0v) is 9.94. The maximum Gasteiger partial charge on any atom is 0.260 e. The quantitative estimate of drug-likeness (QED) is 0.850. The molecule has 0 saturated heterocycles. The SMILES string of the molecule is Nc1cc(Cl)ccc1-c1nc(CC2CC2)no1. The Kier molecular flexibility index (Phi) is 2.52. The number of halogens is 1. The van der Waals surface area contributed by atoms with Crippen molar-refractivity contribution in [2.75, 3.05) is 5.73 Å². The van der Waals surface area contributed by atoms with Crippen molar-refractivity contribution in [3.8, 4) is 11.5 Å². The van der Waals surface area contributed by atoms with Crippen LogP contribution >= 0.6 is 11.6 Å². The molecule has 5 heteroatoms. The molecule has 0 aliphatic heterocycles. The number of nitrogen functional groups attached to an aromatic ring is 1. The van der Waals surface area contributed by atoms with Crippen molar-refractivity contribution in [2.24, 2.45) is 5.92 Å². The molecule has 0 bridgehead atoms. The molecule has 0 amide bonds. The van der Waals surface area contributed by atoms with Gasteiger partial charge in [0.1, 0.15) is 0 Å². The third-order valence-electron chi connectivity index (χ3n) is 2.88. The molecular weight excluding hydrogens is 238 g/mol. The van der Waals surface area contributed by atoms with Gasteiger partial charge < -0.3 is 10.3 Å². The van der Waals surface area contributed by atoms with Gasteiger partial charge in [-0.3, -0.25) is 0 Å². The van der Waals surface area contributed by atoms with Crippen LogP contribution in [0.2, 0.25) is 5.02 Å². The summed E-state index contributed by atoms with van der Waals surface area (Å²) in [4.78, 5) is 4.35. The average molecular weight is 250 g/mol. The van der Waals surface area contributed by atoms with Crippen molar-refractivity contribution in [2.45, 2.75) is 19.3 Å². The first-order valence-corrected chi connectivity index (χ1v) is 5.98. The Morgan fingerprint density at radius 2 is 2.24 bits per heavy atom. The van der Waals surface area contributed by atoms with E-state index in [1.54, 1.807) is 18.2 Å². The van der Waals surface area contributed by atoms with E-state index in [2.05, 4.69) is 10.1 Å². The van der Waals surface area contributed by atoms with E-state index in [-0.39, 0.29) is 0 Å². The van der Waals surface area contributed by atoms with Gasteiger partial charge in [0.25, 0.3) is 5.89 Å². The molecule has 0 spiro atoms. The van der Waals surface area contributed by atoms with Crippen molar-refractivity contribution >= 4 is 17.3 Å². The van der Waals surface area contributed by atoms with Crippen LogP contribution in [0, 0.1) is 5.92 Å². The second-order valence-electron chi connectivity index (χ2n) is 4.39. The number of rotatable bonds is 3. The topological polar surface area (TPSA) is 64.9 Å². The third kappa shape index (κ3) is 2.26. The van der Waals surface area contributed by atoms with Crippen LogP contribution in [0.3, 0.4) is 0 Å². The highest BCUT2D eigenvalue weighted by atomic mass is 35.5. The van der Waals surface area contributed by atoms with Crippen molar-refractivity contribution < 1.29 is 4.52 Å². The van der Waals surface area contributed by atoms with Gasteiger partial charge in [0.15, 0.2) is 5.82 Å². The summed E-state index contributed by atoms with van der Waals surface area (Å²) >= 11 is 5.84. The largest absolute Gasteiger partial charge is 0.398 e. The Morgan fingerprint density at radius 1 is 1.41 bits per heavy atom. The van der Waals surface area contributed by atoms with E-state index < -0.39 is 0 Å². The summed E-state index contributed by atoms with van der Waals surface area (Å²) in [6, 6.07) is 5.24. The number of anilines is 1. The summed E-state index contributed by atoms with van der Waals surface area (Å²) in [6.45, 7) is 0.